The molecule has 0 bridgehead atoms. The molecule has 3 atom stereocenters. The Balaban J connectivity index is 1.96. The SMILES string of the molecule is CN(C)c1cc(NC(=O)CNC(C)(C)C)c(O)c2c(O)c3c(cc12)C[C@H]1[C@H](N(C)C)C(=O)C(C(N)=O)=C(O)[C@@]1(O)C3=O. The van der Waals surface area contributed by atoms with Crippen LogP contribution in [0.1, 0.15) is 36.7 Å². The van der Waals surface area contributed by atoms with Crippen molar-refractivity contribution in [2.24, 2.45) is 11.7 Å². The van der Waals surface area contributed by atoms with Gasteiger partial charge in [0.05, 0.1) is 29.2 Å². The van der Waals surface area contributed by atoms with E-state index in [9.17, 15) is 39.6 Å². The van der Waals surface area contributed by atoms with Gasteiger partial charge in [0.15, 0.2) is 17.1 Å². The Morgan fingerprint density at radius 3 is 2.21 bits per heavy atom. The van der Waals surface area contributed by atoms with E-state index in [0.717, 1.165) is 0 Å². The van der Waals surface area contributed by atoms with E-state index in [-0.39, 0.29) is 35.1 Å². The van der Waals surface area contributed by atoms with E-state index in [1.165, 1.54) is 25.1 Å². The van der Waals surface area contributed by atoms with Crippen molar-refractivity contribution in [1.82, 2.24) is 10.2 Å². The maximum absolute atomic E-state index is 14.0. The molecule has 0 aliphatic heterocycles. The highest BCUT2D eigenvalue weighted by atomic mass is 16.3. The number of carbonyl (C=O) groups excluding carboxylic acids is 4. The summed E-state index contributed by atoms with van der Waals surface area (Å²) in [6.07, 6.45) is -0.156. The maximum Gasteiger partial charge on any atom is 0.255 e. The van der Waals surface area contributed by atoms with Crippen LogP contribution >= 0.6 is 0 Å². The van der Waals surface area contributed by atoms with Gasteiger partial charge in [-0.05, 0) is 59.0 Å². The summed E-state index contributed by atoms with van der Waals surface area (Å²) in [6.45, 7) is 5.59. The zero-order chi connectivity index (χ0) is 31.6. The molecule has 0 saturated carbocycles. The Kier molecular flexibility index (Phi) is 7.51. The number of benzene rings is 2. The first-order valence-electron chi connectivity index (χ1n) is 13.3. The van der Waals surface area contributed by atoms with Crippen LogP contribution in [0.15, 0.2) is 23.5 Å². The number of hydrogen-bond acceptors (Lipinski definition) is 11. The van der Waals surface area contributed by atoms with E-state index in [4.69, 9.17) is 5.73 Å². The van der Waals surface area contributed by atoms with Gasteiger partial charge in [-0.1, -0.05) is 0 Å². The number of carbonyl (C=O) groups is 4. The van der Waals surface area contributed by atoms with Crippen LogP contribution in [-0.4, -0.2) is 101 Å². The minimum atomic E-state index is -2.77. The van der Waals surface area contributed by atoms with Gasteiger partial charge < -0.3 is 41.7 Å². The first-order chi connectivity index (χ1) is 19.3. The second-order valence-corrected chi connectivity index (χ2v) is 12.3. The fraction of sp³-hybridized carbons (Fsp3) is 0.448. The molecule has 13 heteroatoms. The van der Waals surface area contributed by atoms with Crippen LogP contribution in [0.2, 0.25) is 0 Å². The van der Waals surface area contributed by atoms with Crippen molar-refractivity contribution >= 4 is 45.5 Å². The van der Waals surface area contributed by atoms with Gasteiger partial charge in [0, 0.05) is 36.6 Å². The highest BCUT2D eigenvalue weighted by molar-refractivity contribution is 6.25. The average molecular weight is 584 g/mol. The van der Waals surface area contributed by atoms with Gasteiger partial charge in [-0.2, -0.15) is 0 Å². The molecule has 4 rings (SSSR count). The third kappa shape index (κ3) is 4.72. The Morgan fingerprint density at radius 2 is 1.69 bits per heavy atom. The maximum atomic E-state index is 14.0. The number of nitrogens with zero attached hydrogens (tertiary/aromatic N) is 2. The van der Waals surface area contributed by atoms with E-state index in [2.05, 4.69) is 10.6 Å². The van der Waals surface area contributed by atoms with Gasteiger partial charge in [-0.15, -0.1) is 0 Å². The molecule has 0 heterocycles. The van der Waals surface area contributed by atoms with Crippen molar-refractivity contribution in [3.8, 4) is 11.5 Å². The van der Waals surface area contributed by atoms with E-state index in [1.807, 2.05) is 20.8 Å². The number of phenolic OH excluding ortho intramolecular Hbond substituents is 2. The molecule has 2 aliphatic carbocycles. The molecule has 2 aliphatic rings. The molecule has 226 valence electrons. The van der Waals surface area contributed by atoms with Crippen LogP contribution < -0.4 is 21.3 Å². The van der Waals surface area contributed by atoms with Crippen LogP contribution in [0.3, 0.4) is 0 Å². The number of nitrogens with one attached hydrogen (secondary N) is 2. The zero-order valence-electron chi connectivity index (χ0n) is 24.6. The largest absolute Gasteiger partial charge is 0.508 e. The number of aliphatic hydroxyl groups excluding tert-OH is 1. The summed E-state index contributed by atoms with van der Waals surface area (Å²) in [4.78, 5) is 55.2. The molecule has 0 aromatic heterocycles. The smallest absolute Gasteiger partial charge is 0.255 e. The number of aromatic hydroxyl groups is 2. The van der Waals surface area contributed by atoms with Crippen molar-refractivity contribution in [2.45, 2.75) is 44.4 Å². The molecule has 2 amide bonds. The molecular weight excluding hydrogens is 546 g/mol. The lowest BCUT2D eigenvalue weighted by Crippen LogP contribution is -2.64. The Bertz CT molecular complexity index is 1570. The first-order valence-corrected chi connectivity index (χ1v) is 13.3. The molecule has 2 aromatic carbocycles. The topological polar surface area (TPSA) is 206 Å². The lowest BCUT2D eigenvalue weighted by atomic mass is 9.62. The molecule has 8 N–H and O–H groups in total. The molecular formula is C29H37N5O8. The molecule has 0 spiro atoms. The quantitative estimate of drug-likeness (QED) is 0.185. The van der Waals surface area contributed by atoms with Crippen LogP contribution in [0.5, 0.6) is 11.5 Å². The summed E-state index contributed by atoms with van der Waals surface area (Å²) in [5.74, 6) is -7.42. The predicted octanol–water partition coefficient (Wildman–Crippen LogP) is 0.540. The monoisotopic (exact) mass is 583 g/mol. The molecule has 42 heavy (non-hydrogen) atoms. The first kappa shape index (κ1) is 30.8. The standard InChI is InChI=1S/C29H37N5O8/c1-28(2,3)31-11-17(35)32-15-10-16(33(4)5)13-8-12-9-14-21(34(6)7)24(38)20(27(30)41)26(40)29(14,42)25(39)18(12)23(37)19(13)22(15)36/h8,10,14,21,31,36-37,40,42H,9,11H2,1-7H3,(H2,30,41)(H,32,35)/t14-,21-,29-/m0/s1. The molecule has 0 unspecified atom stereocenters. The summed E-state index contributed by atoms with van der Waals surface area (Å²) in [7, 11) is 6.48. The number of ketones is 2. The molecule has 0 radical (unpaired) electrons. The minimum Gasteiger partial charge on any atom is -0.508 e. The molecule has 0 fully saturated rings. The summed E-state index contributed by atoms with van der Waals surface area (Å²) in [6, 6.07) is 1.88. The number of likely N-dealkylation sites (N-methyl/N-ethyl adjacent to an activating group) is 1. The summed E-state index contributed by atoms with van der Waals surface area (Å²) in [5.41, 5.74) is 1.65. The molecule has 13 nitrogen and oxygen atoms in total. The Labute approximate surface area is 242 Å². The van der Waals surface area contributed by atoms with Crippen molar-refractivity contribution < 1.29 is 39.6 Å². The third-order valence-electron chi connectivity index (χ3n) is 7.81. The van der Waals surface area contributed by atoms with Crippen molar-refractivity contribution in [2.75, 3.05) is 45.0 Å². The van der Waals surface area contributed by atoms with Gasteiger partial charge in [-0.25, -0.2) is 0 Å². The lowest BCUT2D eigenvalue weighted by molar-refractivity contribution is -0.132. The Morgan fingerprint density at radius 1 is 1.07 bits per heavy atom. The van der Waals surface area contributed by atoms with Crippen LogP contribution in [0.4, 0.5) is 11.4 Å². The number of hydrogen-bond donors (Lipinski definition) is 7. The number of nitrogens with two attached hydrogens (primary N) is 1. The second kappa shape index (κ2) is 10.3. The van der Waals surface area contributed by atoms with Crippen molar-refractivity contribution in [1.29, 1.82) is 0 Å². The van der Waals surface area contributed by atoms with Crippen molar-refractivity contribution in [3.63, 3.8) is 0 Å². The fourth-order valence-electron chi connectivity index (χ4n) is 5.84. The van der Waals surface area contributed by atoms with Crippen molar-refractivity contribution in [3.05, 3.63) is 34.6 Å². The van der Waals surface area contributed by atoms with E-state index in [1.54, 1.807) is 25.1 Å². The van der Waals surface area contributed by atoms with Gasteiger partial charge in [0.1, 0.15) is 17.1 Å². The van der Waals surface area contributed by atoms with Gasteiger partial charge >= 0.3 is 0 Å². The summed E-state index contributed by atoms with van der Waals surface area (Å²) >= 11 is 0. The highest BCUT2D eigenvalue weighted by Crippen LogP contribution is 2.52. The average Bonchev–Trinajstić information content (AvgIpc) is 2.85. The molecule has 2 aromatic rings. The number of amides is 2. The zero-order valence-corrected chi connectivity index (χ0v) is 24.6. The normalized spacial score (nSPS) is 22.3. The molecule has 0 saturated heterocycles. The van der Waals surface area contributed by atoms with Crippen LogP contribution in [0, 0.1) is 5.92 Å². The number of rotatable bonds is 6. The van der Waals surface area contributed by atoms with E-state index >= 15 is 0 Å². The second-order valence-electron chi connectivity index (χ2n) is 12.3. The summed E-state index contributed by atoms with van der Waals surface area (Å²) in [5, 5.41) is 51.3. The van der Waals surface area contributed by atoms with Gasteiger partial charge in [0.2, 0.25) is 11.7 Å². The van der Waals surface area contributed by atoms with Crippen LogP contribution in [-0.2, 0) is 20.8 Å². The number of primary amides is 1. The lowest BCUT2D eigenvalue weighted by Gasteiger charge is -2.47. The number of phenols is 2. The van der Waals surface area contributed by atoms with E-state index < -0.39 is 69.3 Å². The Hall–Kier alpha value is -4.20. The summed E-state index contributed by atoms with van der Waals surface area (Å²) < 4.78 is 0. The predicted molar refractivity (Wildman–Crippen MR) is 156 cm³/mol. The van der Waals surface area contributed by atoms with Crippen LogP contribution in [0.25, 0.3) is 10.8 Å². The van der Waals surface area contributed by atoms with Gasteiger partial charge in [-0.3, -0.25) is 24.1 Å². The number of fused-ring (bicyclic) bond motifs is 3. The van der Waals surface area contributed by atoms with E-state index in [0.29, 0.717) is 11.1 Å². The highest BCUT2D eigenvalue weighted by Gasteiger charge is 2.62. The van der Waals surface area contributed by atoms with Gasteiger partial charge in [0.25, 0.3) is 5.91 Å². The minimum absolute atomic E-state index is 0.0308. The number of aliphatic hydroxyl groups is 2. The fourth-order valence-corrected chi connectivity index (χ4v) is 5.84. The third-order valence-corrected chi connectivity index (χ3v) is 7.81. The number of anilines is 2. The number of Topliss-reactive ketones (excluding diaryl/α,β-unsaturated/α-hetero) is 2.